The number of aryl methyl sites for hydroxylation is 1. The number of halogens is 2. The molecule has 0 unspecified atom stereocenters. The lowest BCUT2D eigenvalue weighted by Gasteiger charge is -2.12. The van der Waals surface area contributed by atoms with Gasteiger partial charge in [0.25, 0.3) is 11.8 Å². The molecule has 0 aromatic heterocycles. The molecular weight excluding hydrogens is 332 g/mol. The Morgan fingerprint density at radius 3 is 2.48 bits per heavy atom. The van der Waals surface area contributed by atoms with Crippen molar-refractivity contribution < 1.29 is 23.6 Å². The van der Waals surface area contributed by atoms with E-state index in [9.17, 15) is 18.4 Å². The summed E-state index contributed by atoms with van der Waals surface area (Å²) in [6.45, 7) is 1.70. The lowest BCUT2D eigenvalue weighted by atomic mass is 10.1. The maximum atomic E-state index is 13.9. The number of benzene rings is 2. The molecule has 2 aromatic rings. The molecule has 2 amide bonds. The maximum absolute atomic E-state index is 13.9. The number of hydrazone groups is 1. The van der Waals surface area contributed by atoms with Crippen LogP contribution in [0, 0.1) is 18.6 Å². The average molecular weight is 347 g/mol. The highest BCUT2D eigenvalue weighted by atomic mass is 19.1. The molecule has 0 aliphatic heterocycles. The normalized spacial score (nSPS) is 10.8. The molecule has 6 nitrogen and oxygen atoms in total. The van der Waals surface area contributed by atoms with Crippen LogP contribution in [0.5, 0.6) is 0 Å². The van der Waals surface area contributed by atoms with E-state index in [4.69, 9.17) is 5.21 Å². The molecule has 0 aliphatic rings. The van der Waals surface area contributed by atoms with Crippen molar-refractivity contribution in [3.8, 4) is 0 Å². The summed E-state index contributed by atoms with van der Waals surface area (Å²) in [6, 6.07) is 7.62. The van der Waals surface area contributed by atoms with Gasteiger partial charge in [-0.25, -0.2) is 19.3 Å². The topological polar surface area (TPSA) is 82.0 Å². The second-order valence-corrected chi connectivity index (χ2v) is 5.23. The van der Waals surface area contributed by atoms with E-state index in [-0.39, 0.29) is 16.7 Å². The standard InChI is InChI=1S/C17H15F2N3O3/c1-10-3-6-13(15(19)7-10)17(24)22(2)20-9-12-5-4-11(8-14(12)18)16(23)21-25/h3-9,25H,1-2H3,(H,21,23). The van der Waals surface area contributed by atoms with Gasteiger partial charge in [0.1, 0.15) is 11.6 Å². The molecule has 0 spiro atoms. The van der Waals surface area contributed by atoms with Gasteiger partial charge < -0.3 is 0 Å². The summed E-state index contributed by atoms with van der Waals surface area (Å²) in [6.07, 6.45) is 1.07. The van der Waals surface area contributed by atoms with Gasteiger partial charge in [-0.15, -0.1) is 0 Å². The minimum absolute atomic E-state index is 0.0125. The summed E-state index contributed by atoms with van der Waals surface area (Å²) in [7, 11) is 1.31. The molecule has 130 valence electrons. The number of carbonyl (C=O) groups excluding carboxylic acids is 2. The van der Waals surface area contributed by atoms with E-state index < -0.39 is 23.4 Å². The van der Waals surface area contributed by atoms with Crippen LogP contribution >= 0.6 is 0 Å². The Balaban J connectivity index is 2.18. The molecule has 0 heterocycles. The first kappa shape index (κ1) is 18.2. The van der Waals surface area contributed by atoms with Gasteiger partial charge in [0.05, 0.1) is 11.8 Å². The second kappa shape index (κ2) is 7.63. The fourth-order valence-electron chi connectivity index (χ4n) is 2.01. The Bertz CT molecular complexity index is 853. The third-order valence-electron chi connectivity index (χ3n) is 3.38. The largest absolute Gasteiger partial charge is 0.288 e. The molecule has 0 bridgehead atoms. The van der Waals surface area contributed by atoms with Crippen molar-refractivity contribution in [1.82, 2.24) is 10.5 Å². The molecule has 0 aliphatic carbocycles. The SMILES string of the molecule is Cc1ccc(C(=O)N(C)N=Cc2ccc(C(=O)NO)cc2F)c(F)c1. The van der Waals surface area contributed by atoms with E-state index in [1.165, 1.54) is 36.8 Å². The molecule has 2 N–H and O–H groups in total. The predicted molar refractivity (Wildman–Crippen MR) is 86.5 cm³/mol. The first-order valence-electron chi connectivity index (χ1n) is 7.15. The van der Waals surface area contributed by atoms with Crippen molar-refractivity contribution in [1.29, 1.82) is 0 Å². The molecule has 8 heteroatoms. The summed E-state index contributed by atoms with van der Waals surface area (Å²) in [5.74, 6) is -2.99. The maximum Gasteiger partial charge on any atom is 0.276 e. The van der Waals surface area contributed by atoms with Crippen molar-refractivity contribution in [2.75, 3.05) is 7.05 Å². The summed E-state index contributed by atoms with van der Waals surface area (Å²) in [5, 5.41) is 13.2. The van der Waals surface area contributed by atoms with E-state index in [1.54, 1.807) is 13.0 Å². The molecule has 2 aromatic carbocycles. The minimum Gasteiger partial charge on any atom is -0.288 e. The number of carbonyl (C=O) groups is 2. The van der Waals surface area contributed by atoms with Crippen LogP contribution in [0.3, 0.4) is 0 Å². The van der Waals surface area contributed by atoms with Crippen LogP contribution in [-0.2, 0) is 0 Å². The Morgan fingerprint density at radius 2 is 1.88 bits per heavy atom. The van der Waals surface area contributed by atoms with Gasteiger partial charge in [0.15, 0.2) is 0 Å². The van der Waals surface area contributed by atoms with Gasteiger partial charge in [0.2, 0.25) is 0 Å². The molecule has 0 atom stereocenters. The highest BCUT2D eigenvalue weighted by molar-refractivity contribution is 5.96. The van der Waals surface area contributed by atoms with Crippen LogP contribution in [0.15, 0.2) is 41.5 Å². The fourth-order valence-corrected chi connectivity index (χ4v) is 2.01. The van der Waals surface area contributed by atoms with Crippen LogP contribution in [0.1, 0.15) is 31.8 Å². The van der Waals surface area contributed by atoms with Crippen LogP contribution in [-0.4, -0.2) is 35.3 Å². The third-order valence-corrected chi connectivity index (χ3v) is 3.38. The smallest absolute Gasteiger partial charge is 0.276 e. The lowest BCUT2D eigenvalue weighted by molar-refractivity contribution is 0.0705. The van der Waals surface area contributed by atoms with E-state index >= 15 is 0 Å². The zero-order chi connectivity index (χ0) is 18.6. The van der Waals surface area contributed by atoms with Gasteiger partial charge in [-0.2, -0.15) is 5.10 Å². The van der Waals surface area contributed by atoms with E-state index in [0.29, 0.717) is 5.56 Å². The van der Waals surface area contributed by atoms with Crippen molar-refractivity contribution >= 4 is 18.0 Å². The highest BCUT2D eigenvalue weighted by Gasteiger charge is 2.15. The summed E-state index contributed by atoms with van der Waals surface area (Å²) < 4.78 is 27.7. The van der Waals surface area contributed by atoms with Crippen LogP contribution < -0.4 is 5.48 Å². The Hall–Kier alpha value is -3.13. The van der Waals surface area contributed by atoms with Crippen molar-refractivity contribution in [2.45, 2.75) is 6.92 Å². The average Bonchev–Trinajstić information content (AvgIpc) is 2.59. The fraction of sp³-hybridized carbons (Fsp3) is 0.118. The first-order chi connectivity index (χ1) is 11.8. The molecule has 25 heavy (non-hydrogen) atoms. The Labute approximate surface area is 142 Å². The summed E-state index contributed by atoms with van der Waals surface area (Å²) in [4.78, 5) is 23.4. The summed E-state index contributed by atoms with van der Waals surface area (Å²) >= 11 is 0. The number of hydrogen-bond donors (Lipinski definition) is 2. The zero-order valence-electron chi connectivity index (χ0n) is 13.5. The third kappa shape index (κ3) is 4.24. The quantitative estimate of drug-likeness (QED) is 0.506. The molecule has 0 saturated carbocycles. The van der Waals surface area contributed by atoms with E-state index in [1.807, 2.05) is 0 Å². The minimum atomic E-state index is -0.857. The number of amides is 2. The van der Waals surface area contributed by atoms with E-state index in [2.05, 4.69) is 5.10 Å². The zero-order valence-corrected chi connectivity index (χ0v) is 13.5. The number of nitrogens with one attached hydrogen (secondary N) is 1. The van der Waals surface area contributed by atoms with Gasteiger partial charge in [-0.1, -0.05) is 6.07 Å². The van der Waals surface area contributed by atoms with Crippen molar-refractivity contribution in [3.63, 3.8) is 0 Å². The second-order valence-electron chi connectivity index (χ2n) is 5.23. The van der Waals surface area contributed by atoms with E-state index in [0.717, 1.165) is 17.3 Å². The molecular formula is C17H15F2N3O3. The number of rotatable bonds is 4. The van der Waals surface area contributed by atoms with Gasteiger partial charge in [-0.05, 0) is 42.8 Å². The number of hydroxylamine groups is 1. The molecule has 0 fully saturated rings. The molecule has 0 saturated heterocycles. The van der Waals surface area contributed by atoms with Gasteiger partial charge in [-0.3, -0.25) is 14.8 Å². The Kier molecular flexibility index (Phi) is 5.56. The van der Waals surface area contributed by atoms with Crippen LogP contribution in [0.4, 0.5) is 8.78 Å². The summed E-state index contributed by atoms with van der Waals surface area (Å²) in [5.41, 5.74) is 1.85. The molecule has 2 rings (SSSR count). The number of nitrogens with zero attached hydrogens (tertiary/aromatic N) is 2. The van der Waals surface area contributed by atoms with Crippen molar-refractivity contribution in [3.05, 3.63) is 70.3 Å². The number of hydrogen-bond acceptors (Lipinski definition) is 4. The lowest BCUT2D eigenvalue weighted by Crippen LogP contribution is -2.22. The Morgan fingerprint density at radius 1 is 1.16 bits per heavy atom. The highest BCUT2D eigenvalue weighted by Crippen LogP contribution is 2.13. The monoisotopic (exact) mass is 347 g/mol. The van der Waals surface area contributed by atoms with Gasteiger partial charge in [0, 0.05) is 18.2 Å². The molecule has 0 radical (unpaired) electrons. The predicted octanol–water partition coefficient (Wildman–Crippen LogP) is 2.50. The van der Waals surface area contributed by atoms with Crippen LogP contribution in [0.2, 0.25) is 0 Å². The van der Waals surface area contributed by atoms with Crippen LogP contribution in [0.25, 0.3) is 0 Å². The first-order valence-corrected chi connectivity index (χ1v) is 7.15. The van der Waals surface area contributed by atoms with Gasteiger partial charge >= 0.3 is 0 Å². The van der Waals surface area contributed by atoms with Crippen molar-refractivity contribution in [2.24, 2.45) is 5.10 Å².